The predicted octanol–water partition coefficient (Wildman–Crippen LogP) is 3.46. The van der Waals surface area contributed by atoms with Gasteiger partial charge in [-0.1, -0.05) is 34.4 Å². The first kappa shape index (κ1) is 18.6. The molecule has 25 heavy (non-hydrogen) atoms. The molecule has 2 rings (SSSR count). The van der Waals surface area contributed by atoms with Crippen LogP contribution in [0.1, 0.15) is 15.9 Å². The molecule has 0 aliphatic rings. The number of hydrogen-bond acceptors (Lipinski definition) is 4. The molecule has 3 N–H and O–H groups in total. The number of carbonyl (C=O) groups excluding carboxylic acids is 2. The first-order chi connectivity index (χ1) is 11.8. The lowest BCUT2D eigenvalue weighted by Gasteiger charge is -2.06. The van der Waals surface area contributed by atoms with E-state index in [2.05, 4.69) is 9.99 Å². The summed E-state index contributed by atoms with van der Waals surface area (Å²) in [5.74, 6) is -3.27. The van der Waals surface area contributed by atoms with Crippen LogP contribution in [-0.4, -0.2) is 17.8 Å². The Labute approximate surface area is 150 Å². The Morgan fingerprint density at radius 3 is 2.36 bits per heavy atom. The van der Waals surface area contributed by atoms with E-state index < -0.39 is 29.5 Å². The number of amidine groups is 1. The fourth-order valence-electron chi connectivity index (χ4n) is 1.73. The minimum absolute atomic E-state index is 0.0224. The maximum absolute atomic E-state index is 13.5. The molecule has 0 saturated heterocycles. The largest absolute Gasteiger partial charge is 0.440 e. The van der Waals surface area contributed by atoms with Crippen LogP contribution in [0, 0.1) is 11.6 Å². The minimum atomic E-state index is -1.30. The highest BCUT2D eigenvalue weighted by molar-refractivity contribution is 6.40. The van der Waals surface area contributed by atoms with Crippen LogP contribution < -0.4 is 11.1 Å². The number of carbonyl (C=O) groups is 2. The Kier molecular flexibility index (Phi) is 5.89. The second-order valence-electron chi connectivity index (χ2n) is 4.53. The summed E-state index contributed by atoms with van der Waals surface area (Å²) in [7, 11) is 0. The molecule has 2 amide bonds. The van der Waals surface area contributed by atoms with Gasteiger partial charge in [0.25, 0.3) is 5.91 Å². The van der Waals surface area contributed by atoms with Crippen molar-refractivity contribution < 1.29 is 23.2 Å². The van der Waals surface area contributed by atoms with Crippen molar-refractivity contribution in [2.24, 2.45) is 10.9 Å². The van der Waals surface area contributed by atoms with Crippen molar-refractivity contribution in [3.63, 3.8) is 0 Å². The summed E-state index contributed by atoms with van der Waals surface area (Å²) in [5.41, 5.74) is 5.02. The number of nitrogens with one attached hydrogen (secondary N) is 1. The molecule has 0 spiro atoms. The van der Waals surface area contributed by atoms with Crippen LogP contribution in [0.15, 0.2) is 41.6 Å². The lowest BCUT2D eigenvalue weighted by atomic mass is 10.2. The van der Waals surface area contributed by atoms with Crippen LogP contribution in [-0.2, 0) is 4.84 Å². The standard InChI is InChI=1S/C15H9Cl2F2N3O3/c16-9-2-1-3-10(17)12(9)14(23)21-15(24)25-22-13(20)8-5-4-7(18)6-11(8)19/h1-6H,(H2,20,22)(H,21,23,24). The van der Waals surface area contributed by atoms with Crippen molar-refractivity contribution in [1.29, 1.82) is 0 Å². The summed E-state index contributed by atoms with van der Waals surface area (Å²) < 4.78 is 26.3. The Bertz CT molecular complexity index is 855. The summed E-state index contributed by atoms with van der Waals surface area (Å²) in [6, 6.07) is 6.87. The lowest BCUT2D eigenvalue weighted by molar-refractivity contribution is 0.0923. The summed E-state index contributed by atoms with van der Waals surface area (Å²) >= 11 is 11.7. The SMILES string of the molecule is NC(=NOC(=O)NC(=O)c1c(Cl)cccc1Cl)c1ccc(F)cc1F. The molecule has 0 aromatic heterocycles. The van der Waals surface area contributed by atoms with Crippen LogP contribution in [0.2, 0.25) is 10.0 Å². The number of hydrogen-bond donors (Lipinski definition) is 2. The molecule has 0 radical (unpaired) electrons. The number of amides is 2. The van der Waals surface area contributed by atoms with E-state index in [1.165, 1.54) is 18.2 Å². The van der Waals surface area contributed by atoms with Crippen LogP contribution in [0.5, 0.6) is 0 Å². The van der Waals surface area contributed by atoms with E-state index in [-0.39, 0.29) is 21.2 Å². The van der Waals surface area contributed by atoms with E-state index in [0.717, 1.165) is 12.1 Å². The Morgan fingerprint density at radius 2 is 1.76 bits per heavy atom. The van der Waals surface area contributed by atoms with Gasteiger partial charge in [0.05, 0.1) is 21.2 Å². The van der Waals surface area contributed by atoms with Crippen molar-refractivity contribution in [1.82, 2.24) is 5.32 Å². The molecule has 130 valence electrons. The fourth-order valence-corrected chi connectivity index (χ4v) is 2.30. The molecule has 0 unspecified atom stereocenters. The van der Waals surface area contributed by atoms with Gasteiger partial charge < -0.3 is 5.73 Å². The predicted molar refractivity (Wildman–Crippen MR) is 87.5 cm³/mol. The van der Waals surface area contributed by atoms with Gasteiger partial charge in [-0.2, -0.15) is 0 Å². The van der Waals surface area contributed by atoms with Crippen molar-refractivity contribution in [2.75, 3.05) is 0 Å². The highest BCUT2D eigenvalue weighted by atomic mass is 35.5. The molecule has 6 nitrogen and oxygen atoms in total. The van der Waals surface area contributed by atoms with Gasteiger partial charge in [0.15, 0.2) is 5.84 Å². The minimum Gasteiger partial charge on any atom is -0.380 e. The van der Waals surface area contributed by atoms with Gasteiger partial charge >= 0.3 is 6.09 Å². The monoisotopic (exact) mass is 387 g/mol. The van der Waals surface area contributed by atoms with E-state index in [9.17, 15) is 18.4 Å². The molecule has 10 heteroatoms. The molecule has 0 saturated carbocycles. The third kappa shape index (κ3) is 4.65. The lowest BCUT2D eigenvalue weighted by Crippen LogP contribution is -2.31. The molecule has 0 fully saturated rings. The average Bonchev–Trinajstić information content (AvgIpc) is 2.52. The molecule has 0 aliphatic carbocycles. The molecule has 2 aromatic carbocycles. The Hall–Kier alpha value is -2.71. The summed E-state index contributed by atoms with van der Waals surface area (Å²) in [6.07, 6.45) is -1.30. The van der Waals surface area contributed by atoms with Crippen molar-refractivity contribution >= 4 is 41.0 Å². The number of nitrogens with two attached hydrogens (primary N) is 1. The van der Waals surface area contributed by atoms with Gasteiger partial charge in [0.2, 0.25) is 0 Å². The van der Waals surface area contributed by atoms with Gasteiger partial charge in [-0.15, -0.1) is 0 Å². The number of halogens is 4. The van der Waals surface area contributed by atoms with E-state index in [4.69, 9.17) is 28.9 Å². The molecule has 0 aliphatic heterocycles. The zero-order valence-corrected chi connectivity index (χ0v) is 13.7. The molecular formula is C15H9Cl2F2N3O3. The first-order valence-electron chi connectivity index (χ1n) is 6.55. The molecule has 0 atom stereocenters. The molecule has 0 bridgehead atoms. The van der Waals surface area contributed by atoms with Crippen LogP contribution >= 0.6 is 23.2 Å². The smallest absolute Gasteiger partial charge is 0.380 e. The van der Waals surface area contributed by atoms with Gasteiger partial charge in [0.1, 0.15) is 11.6 Å². The van der Waals surface area contributed by atoms with Crippen LogP contribution in [0.4, 0.5) is 13.6 Å². The topological polar surface area (TPSA) is 93.8 Å². The number of benzene rings is 2. The fraction of sp³-hybridized carbons (Fsp3) is 0. The van der Waals surface area contributed by atoms with Crippen LogP contribution in [0.3, 0.4) is 0 Å². The second kappa shape index (κ2) is 7.91. The maximum atomic E-state index is 13.5. The number of imide groups is 1. The zero-order valence-electron chi connectivity index (χ0n) is 12.2. The van der Waals surface area contributed by atoms with Crippen molar-refractivity contribution in [3.8, 4) is 0 Å². The third-order valence-corrected chi connectivity index (χ3v) is 3.47. The van der Waals surface area contributed by atoms with Gasteiger partial charge in [-0.3, -0.25) is 14.9 Å². The molecular weight excluding hydrogens is 379 g/mol. The van der Waals surface area contributed by atoms with Crippen molar-refractivity contribution in [2.45, 2.75) is 0 Å². The average molecular weight is 388 g/mol. The van der Waals surface area contributed by atoms with Gasteiger partial charge in [0, 0.05) is 6.07 Å². The maximum Gasteiger partial charge on any atom is 0.440 e. The van der Waals surface area contributed by atoms with E-state index in [1.807, 2.05) is 5.32 Å². The summed E-state index contributed by atoms with van der Waals surface area (Å²) in [4.78, 5) is 27.9. The number of nitrogens with zero attached hydrogens (tertiary/aromatic N) is 1. The van der Waals surface area contributed by atoms with E-state index in [1.54, 1.807) is 0 Å². The molecule has 0 heterocycles. The molecule has 2 aromatic rings. The van der Waals surface area contributed by atoms with E-state index >= 15 is 0 Å². The van der Waals surface area contributed by atoms with Crippen LogP contribution in [0.25, 0.3) is 0 Å². The number of rotatable bonds is 3. The van der Waals surface area contributed by atoms with Crippen molar-refractivity contribution in [3.05, 3.63) is 69.2 Å². The zero-order chi connectivity index (χ0) is 18.6. The van der Waals surface area contributed by atoms with Gasteiger partial charge in [-0.05, 0) is 24.3 Å². The Morgan fingerprint density at radius 1 is 1.12 bits per heavy atom. The Balaban J connectivity index is 2.06. The number of oxime groups is 1. The second-order valence-corrected chi connectivity index (χ2v) is 5.34. The summed E-state index contributed by atoms with van der Waals surface area (Å²) in [5, 5.41) is 5.05. The first-order valence-corrected chi connectivity index (χ1v) is 7.30. The summed E-state index contributed by atoms with van der Waals surface area (Å²) in [6.45, 7) is 0. The van der Waals surface area contributed by atoms with Gasteiger partial charge in [-0.25, -0.2) is 13.6 Å². The quantitative estimate of drug-likeness (QED) is 0.365. The highest BCUT2D eigenvalue weighted by Crippen LogP contribution is 2.23. The van der Waals surface area contributed by atoms with E-state index in [0.29, 0.717) is 6.07 Å². The highest BCUT2D eigenvalue weighted by Gasteiger charge is 2.18. The normalized spacial score (nSPS) is 11.1. The third-order valence-electron chi connectivity index (χ3n) is 2.84.